The smallest absolute Gasteiger partial charge is 0.319 e. The summed E-state index contributed by atoms with van der Waals surface area (Å²) >= 11 is 0. The van der Waals surface area contributed by atoms with Crippen LogP contribution in [0.1, 0.15) is 19.3 Å². The molecule has 1 saturated heterocycles. The number of carbonyl (C=O) groups is 1. The molecule has 0 bridgehead atoms. The Balaban J connectivity index is 1.64. The molecule has 0 spiro atoms. The van der Waals surface area contributed by atoms with E-state index in [2.05, 4.69) is 45.7 Å². The lowest BCUT2D eigenvalue weighted by Crippen LogP contribution is -2.45. The molecule has 5 nitrogen and oxygen atoms in total. The second-order valence-corrected chi connectivity index (χ2v) is 6.37. The lowest BCUT2D eigenvalue weighted by Gasteiger charge is -2.35. The van der Waals surface area contributed by atoms with Crippen molar-refractivity contribution in [3.63, 3.8) is 0 Å². The van der Waals surface area contributed by atoms with Crippen LogP contribution in [0.4, 0.5) is 16.2 Å². The van der Waals surface area contributed by atoms with E-state index in [9.17, 15) is 4.79 Å². The van der Waals surface area contributed by atoms with Gasteiger partial charge in [-0.25, -0.2) is 4.79 Å². The van der Waals surface area contributed by atoms with Crippen LogP contribution in [0.5, 0.6) is 0 Å². The number of hydrogen-bond acceptors (Lipinski definition) is 3. The third-order valence-electron chi connectivity index (χ3n) is 4.57. The fourth-order valence-electron chi connectivity index (χ4n) is 3.16. The summed E-state index contributed by atoms with van der Waals surface area (Å²) in [6, 6.07) is 8.09. The summed E-state index contributed by atoms with van der Waals surface area (Å²) in [5.74, 6) is 0. The third-order valence-corrected chi connectivity index (χ3v) is 4.57. The first-order valence-electron chi connectivity index (χ1n) is 8.49. The van der Waals surface area contributed by atoms with Crippen LogP contribution in [-0.2, 0) is 0 Å². The van der Waals surface area contributed by atoms with E-state index in [1.54, 1.807) is 0 Å². The minimum atomic E-state index is -0.122. The summed E-state index contributed by atoms with van der Waals surface area (Å²) in [6.45, 7) is 4.07. The van der Waals surface area contributed by atoms with Gasteiger partial charge in [0.2, 0.25) is 0 Å². The van der Waals surface area contributed by atoms with E-state index < -0.39 is 0 Å². The Morgan fingerprint density at radius 1 is 1.17 bits per heavy atom. The molecule has 1 heterocycles. The van der Waals surface area contributed by atoms with Crippen molar-refractivity contribution in [3.8, 4) is 0 Å². The van der Waals surface area contributed by atoms with E-state index in [0.29, 0.717) is 0 Å². The molecule has 23 heavy (non-hydrogen) atoms. The maximum atomic E-state index is 12.3. The van der Waals surface area contributed by atoms with Gasteiger partial charge in [0, 0.05) is 32.2 Å². The van der Waals surface area contributed by atoms with Crippen molar-refractivity contribution in [2.75, 3.05) is 43.4 Å². The Hall–Kier alpha value is -2.01. The number of likely N-dealkylation sites (N-methyl/N-ethyl adjacent to an activating group) is 1. The largest absolute Gasteiger partial charge is 0.367 e. The molecular formula is C18H26N4O. The van der Waals surface area contributed by atoms with Crippen molar-refractivity contribution >= 4 is 17.4 Å². The number of nitrogens with one attached hydrogen (secondary N) is 2. The molecule has 1 atom stereocenters. The number of allylic oxidation sites excluding steroid dienone is 1. The molecule has 2 aliphatic rings. The van der Waals surface area contributed by atoms with Crippen LogP contribution in [0, 0.1) is 0 Å². The molecule has 2 amide bonds. The van der Waals surface area contributed by atoms with Crippen LogP contribution >= 0.6 is 0 Å². The maximum absolute atomic E-state index is 12.3. The molecule has 0 aromatic heterocycles. The zero-order valence-corrected chi connectivity index (χ0v) is 13.8. The van der Waals surface area contributed by atoms with Crippen molar-refractivity contribution in [1.82, 2.24) is 10.2 Å². The number of hydrogen-bond donors (Lipinski definition) is 2. The van der Waals surface area contributed by atoms with E-state index in [4.69, 9.17) is 0 Å². The van der Waals surface area contributed by atoms with Crippen LogP contribution in [0.2, 0.25) is 0 Å². The average molecular weight is 314 g/mol. The predicted molar refractivity (Wildman–Crippen MR) is 95.1 cm³/mol. The third kappa shape index (κ3) is 4.26. The van der Waals surface area contributed by atoms with Crippen LogP contribution < -0.4 is 15.5 Å². The van der Waals surface area contributed by atoms with E-state index >= 15 is 0 Å². The zero-order chi connectivity index (χ0) is 16.1. The highest BCUT2D eigenvalue weighted by molar-refractivity contribution is 5.93. The van der Waals surface area contributed by atoms with Crippen molar-refractivity contribution < 1.29 is 4.79 Å². The van der Waals surface area contributed by atoms with Gasteiger partial charge in [-0.3, -0.25) is 0 Å². The Kier molecular flexibility index (Phi) is 5.18. The Morgan fingerprint density at radius 3 is 2.70 bits per heavy atom. The van der Waals surface area contributed by atoms with Gasteiger partial charge in [0.05, 0.1) is 11.4 Å². The monoisotopic (exact) mass is 314 g/mol. The average Bonchev–Trinajstić information content (AvgIpc) is 2.57. The highest BCUT2D eigenvalue weighted by atomic mass is 16.2. The molecule has 1 aliphatic carbocycles. The molecule has 1 aromatic carbocycles. The minimum Gasteiger partial charge on any atom is -0.367 e. The quantitative estimate of drug-likeness (QED) is 0.843. The number of benzene rings is 1. The fraction of sp³-hybridized carbons (Fsp3) is 0.500. The van der Waals surface area contributed by atoms with Crippen LogP contribution in [0.25, 0.3) is 0 Å². The number of para-hydroxylation sites is 2. The topological polar surface area (TPSA) is 47.6 Å². The van der Waals surface area contributed by atoms with Crippen LogP contribution in [0.15, 0.2) is 36.4 Å². The SMILES string of the molecule is CN1CCN(c2ccccc2NC(=O)NC2C=CCCC2)CC1. The van der Waals surface area contributed by atoms with Gasteiger partial charge < -0.3 is 20.4 Å². The molecular weight excluding hydrogens is 288 g/mol. The molecule has 1 aliphatic heterocycles. The summed E-state index contributed by atoms with van der Waals surface area (Å²) in [4.78, 5) is 17.0. The van der Waals surface area contributed by atoms with Crippen molar-refractivity contribution in [3.05, 3.63) is 36.4 Å². The first kappa shape index (κ1) is 15.9. The summed E-state index contributed by atoms with van der Waals surface area (Å²) in [7, 11) is 2.15. The lowest BCUT2D eigenvalue weighted by molar-refractivity contribution is 0.249. The van der Waals surface area contributed by atoms with E-state index in [-0.39, 0.29) is 12.1 Å². The number of carbonyl (C=O) groups excluding carboxylic acids is 1. The molecule has 124 valence electrons. The first-order chi connectivity index (χ1) is 11.2. The minimum absolute atomic E-state index is 0.122. The number of amides is 2. The normalized spacial score (nSPS) is 22.0. The van der Waals surface area contributed by atoms with Gasteiger partial charge in [-0.1, -0.05) is 24.3 Å². The van der Waals surface area contributed by atoms with Crippen molar-refractivity contribution in [2.45, 2.75) is 25.3 Å². The van der Waals surface area contributed by atoms with Crippen LogP contribution in [0.3, 0.4) is 0 Å². The molecule has 1 fully saturated rings. The summed E-state index contributed by atoms with van der Waals surface area (Å²) in [5.41, 5.74) is 1.99. The second kappa shape index (κ2) is 7.51. The van der Waals surface area contributed by atoms with Gasteiger partial charge in [-0.15, -0.1) is 0 Å². The number of piperazine rings is 1. The number of rotatable bonds is 3. The van der Waals surface area contributed by atoms with Gasteiger partial charge in [0.15, 0.2) is 0 Å². The van der Waals surface area contributed by atoms with Crippen molar-refractivity contribution in [2.24, 2.45) is 0 Å². The summed E-state index contributed by atoms with van der Waals surface area (Å²) in [6.07, 6.45) is 7.51. The van der Waals surface area contributed by atoms with Gasteiger partial charge in [0.25, 0.3) is 0 Å². The molecule has 1 aromatic rings. The van der Waals surface area contributed by atoms with Crippen molar-refractivity contribution in [1.29, 1.82) is 0 Å². The standard InChI is InChI=1S/C18H26N4O/c1-21-11-13-22(14-12-21)17-10-6-5-9-16(17)20-18(23)19-15-7-3-2-4-8-15/h3,5-7,9-10,15H,2,4,8,11-14H2,1H3,(H2,19,20,23). The van der Waals surface area contributed by atoms with Gasteiger partial charge in [-0.2, -0.15) is 0 Å². The van der Waals surface area contributed by atoms with E-state index in [1.165, 1.54) is 0 Å². The molecule has 0 saturated carbocycles. The van der Waals surface area contributed by atoms with Gasteiger partial charge >= 0.3 is 6.03 Å². The summed E-state index contributed by atoms with van der Waals surface area (Å²) < 4.78 is 0. The van der Waals surface area contributed by atoms with E-state index in [1.807, 2.05) is 18.2 Å². The zero-order valence-electron chi connectivity index (χ0n) is 13.8. The highest BCUT2D eigenvalue weighted by Gasteiger charge is 2.18. The van der Waals surface area contributed by atoms with Crippen LogP contribution in [-0.4, -0.2) is 50.2 Å². The number of nitrogens with zero attached hydrogens (tertiary/aromatic N) is 2. The Bertz CT molecular complexity index is 564. The highest BCUT2D eigenvalue weighted by Crippen LogP contribution is 2.26. The maximum Gasteiger partial charge on any atom is 0.319 e. The number of urea groups is 1. The molecule has 2 N–H and O–H groups in total. The van der Waals surface area contributed by atoms with E-state index in [0.717, 1.165) is 56.8 Å². The molecule has 5 heteroatoms. The summed E-state index contributed by atoms with van der Waals surface area (Å²) in [5, 5.41) is 6.07. The molecule has 3 rings (SSSR count). The first-order valence-corrected chi connectivity index (χ1v) is 8.49. The van der Waals surface area contributed by atoms with Gasteiger partial charge in [-0.05, 0) is 38.4 Å². The molecule has 0 radical (unpaired) electrons. The number of anilines is 2. The Labute approximate surface area is 138 Å². The Morgan fingerprint density at radius 2 is 1.96 bits per heavy atom. The van der Waals surface area contributed by atoms with Gasteiger partial charge in [0.1, 0.15) is 0 Å². The lowest BCUT2D eigenvalue weighted by atomic mass is 10.0. The molecule has 1 unspecified atom stereocenters. The predicted octanol–water partition coefficient (Wildman–Crippen LogP) is 2.67. The fourth-order valence-corrected chi connectivity index (χ4v) is 3.16. The second-order valence-electron chi connectivity index (χ2n) is 6.37.